The summed E-state index contributed by atoms with van der Waals surface area (Å²) in [5, 5.41) is 5.90. The van der Waals surface area contributed by atoms with Crippen molar-refractivity contribution in [2.75, 3.05) is 57.5 Å². The number of benzene rings is 1. The minimum absolute atomic E-state index is 0.586. The zero-order valence-corrected chi connectivity index (χ0v) is 20.2. The van der Waals surface area contributed by atoms with Gasteiger partial charge in [-0.3, -0.25) is 4.90 Å². The quantitative estimate of drug-likeness (QED) is 0.590. The summed E-state index contributed by atoms with van der Waals surface area (Å²) in [6.07, 6.45) is 5.54. The predicted octanol–water partition coefficient (Wildman–Crippen LogP) is 3.24. The number of morpholine rings is 1. The monoisotopic (exact) mass is 462 g/mol. The summed E-state index contributed by atoms with van der Waals surface area (Å²) < 4.78 is 13.1. The van der Waals surface area contributed by atoms with Crippen LogP contribution in [0.25, 0.3) is 16.7 Å². The average Bonchev–Trinajstić information content (AvgIpc) is 3.54. The molecule has 1 atom stereocenters. The molecule has 6 rings (SSSR count). The Balaban J connectivity index is 1.29. The molecule has 180 valence electrons. The SMILES string of the molecule is Cc1nc(N2CCOCC2)cc(-n2ncc3cc(C)c(C4CCN([C@H]5CCOC5)CC4)cc32)n1. The minimum Gasteiger partial charge on any atom is -0.380 e. The van der Waals surface area contributed by atoms with E-state index in [4.69, 9.17) is 24.5 Å². The smallest absolute Gasteiger partial charge is 0.159 e. The highest BCUT2D eigenvalue weighted by Crippen LogP contribution is 2.34. The van der Waals surface area contributed by atoms with Crippen LogP contribution in [0.3, 0.4) is 0 Å². The van der Waals surface area contributed by atoms with Gasteiger partial charge in [-0.1, -0.05) is 0 Å². The average molecular weight is 463 g/mol. The minimum atomic E-state index is 0.586. The number of piperidine rings is 1. The number of anilines is 1. The van der Waals surface area contributed by atoms with Gasteiger partial charge in [-0.25, -0.2) is 14.6 Å². The molecule has 3 fully saturated rings. The Morgan fingerprint density at radius 2 is 1.65 bits per heavy atom. The van der Waals surface area contributed by atoms with Crippen molar-refractivity contribution >= 4 is 16.7 Å². The van der Waals surface area contributed by atoms with E-state index < -0.39 is 0 Å². The third-order valence-corrected chi connectivity index (χ3v) is 7.71. The van der Waals surface area contributed by atoms with E-state index in [0.717, 1.165) is 81.0 Å². The highest BCUT2D eigenvalue weighted by atomic mass is 16.5. The van der Waals surface area contributed by atoms with Crippen molar-refractivity contribution in [3.63, 3.8) is 0 Å². The van der Waals surface area contributed by atoms with Crippen LogP contribution in [-0.4, -0.2) is 83.3 Å². The first kappa shape index (κ1) is 21.9. The predicted molar refractivity (Wildman–Crippen MR) is 132 cm³/mol. The molecule has 8 nitrogen and oxygen atoms in total. The highest BCUT2D eigenvalue weighted by Gasteiger charge is 2.29. The number of aromatic nitrogens is 4. The third kappa shape index (κ3) is 4.19. The maximum absolute atomic E-state index is 5.62. The Morgan fingerprint density at radius 1 is 0.853 bits per heavy atom. The van der Waals surface area contributed by atoms with Gasteiger partial charge >= 0.3 is 0 Å². The third-order valence-electron chi connectivity index (χ3n) is 7.71. The molecule has 2 aromatic heterocycles. The van der Waals surface area contributed by atoms with Crippen LogP contribution in [0.4, 0.5) is 5.82 Å². The van der Waals surface area contributed by atoms with Crippen molar-refractivity contribution in [2.45, 2.75) is 45.1 Å². The molecule has 0 radical (unpaired) electrons. The van der Waals surface area contributed by atoms with E-state index in [-0.39, 0.29) is 0 Å². The second kappa shape index (κ2) is 9.24. The van der Waals surface area contributed by atoms with Gasteiger partial charge in [0.15, 0.2) is 5.82 Å². The van der Waals surface area contributed by atoms with E-state index in [1.54, 1.807) is 0 Å². The van der Waals surface area contributed by atoms with Gasteiger partial charge in [-0.05, 0) is 75.4 Å². The van der Waals surface area contributed by atoms with Gasteiger partial charge in [0, 0.05) is 37.2 Å². The summed E-state index contributed by atoms with van der Waals surface area (Å²) in [6.45, 7) is 11.5. The molecule has 0 bridgehead atoms. The summed E-state index contributed by atoms with van der Waals surface area (Å²) in [6, 6.07) is 7.34. The van der Waals surface area contributed by atoms with E-state index >= 15 is 0 Å². The molecule has 34 heavy (non-hydrogen) atoms. The van der Waals surface area contributed by atoms with E-state index in [0.29, 0.717) is 12.0 Å². The molecule has 3 aromatic rings. The van der Waals surface area contributed by atoms with Crippen molar-refractivity contribution < 1.29 is 9.47 Å². The highest BCUT2D eigenvalue weighted by molar-refractivity contribution is 5.82. The van der Waals surface area contributed by atoms with Gasteiger partial charge in [0.1, 0.15) is 11.6 Å². The van der Waals surface area contributed by atoms with Crippen LogP contribution in [0, 0.1) is 13.8 Å². The lowest BCUT2D eigenvalue weighted by Gasteiger charge is -2.36. The van der Waals surface area contributed by atoms with Crippen LogP contribution in [0.15, 0.2) is 24.4 Å². The molecule has 3 aliphatic heterocycles. The number of fused-ring (bicyclic) bond motifs is 1. The molecule has 3 saturated heterocycles. The van der Waals surface area contributed by atoms with E-state index in [1.807, 2.05) is 17.8 Å². The summed E-state index contributed by atoms with van der Waals surface area (Å²) in [5.74, 6) is 3.13. The second-order valence-electron chi connectivity index (χ2n) is 9.88. The Morgan fingerprint density at radius 3 is 2.41 bits per heavy atom. The molecule has 0 N–H and O–H groups in total. The van der Waals surface area contributed by atoms with E-state index in [9.17, 15) is 0 Å². The van der Waals surface area contributed by atoms with Gasteiger partial charge in [-0.15, -0.1) is 0 Å². The van der Waals surface area contributed by atoms with Crippen molar-refractivity contribution in [1.29, 1.82) is 0 Å². The zero-order valence-electron chi connectivity index (χ0n) is 20.2. The molecule has 0 amide bonds. The number of ether oxygens (including phenoxy) is 2. The molecule has 8 heteroatoms. The normalized spacial score (nSPS) is 22.6. The largest absolute Gasteiger partial charge is 0.380 e. The molecular formula is C26H34N6O2. The molecule has 0 saturated carbocycles. The first-order valence-electron chi connectivity index (χ1n) is 12.6. The topological polar surface area (TPSA) is 68.5 Å². The molecular weight excluding hydrogens is 428 g/mol. The van der Waals surface area contributed by atoms with Crippen LogP contribution in [0.5, 0.6) is 0 Å². The Labute approximate surface area is 200 Å². The number of hydrogen-bond donors (Lipinski definition) is 0. The van der Waals surface area contributed by atoms with Crippen LogP contribution >= 0.6 is 0 Å². The van der Waals surface area contributed by atoms with Crippen LogP contribution in [0.1, 0.15) is 42.1 Å². The fourth-order valence-corrected chi connectivity index (χ4v) is 5.81. The fraction of sp³-hybridized carbons (Fsp3) is 0.577. The molecule has 0 aliphatic carbocycles. The van der Waals surface area contributed by atoms with Gasteiger partial charge < -0.3 is 14.4 Å². The summed E-state index contributed by atoms with van der Waals surface area (Å²) >= 11 is 0. The second-order valence-corrected chi connectivity index (χ2v) is 9.88. The fourth-order valence-electron chi connectivity index (χ4n) is 5.81. The molecule has 1 aromatic carbocycles. The molecule has 0 unspecified atom stereocenters. The lowest BCUT2D eigenvalue weighted by Crippen LogP contribution is -2.41. The first-order chi connectivity index (χ1) is 16.7. The number of rotatable bonds is 4. The Bertz CT molecular complexity index is 1160. The van der Waals surface area contributed by atoms with Crippen LogP contribution < -0.4 is 4.90 Å². The van der Waals surface area contributed by atoms with Crippen molar-refractivity contribution in [3.05, 3.63) is 41.3 Å². The Hall–Kier alpha value is -2.55. The summed E-state index contributed by atoms with van der Waals surface area (Å²) in [5.41, 5.74) is 3.94. The molecule has 0 spiro atoms. The maximum Gasteiger partial charge on any atom is 0.159 e. The maximum atomic E-state index is 5.62. The van der Waals surface area contributed by atoms with Crippen molar-refractivity contribution in [1.82, 2.24) is 24.6 Å². The number of aryl methyl sites for hydroxylation is 2. The molecule has 3 aliphatic rings. The standard InChI is InChI=1S/C26H34N6O2/c1-18-13-21-16-27-32(26-15-25(28-19(2)29-26)31-8-11-33-12-9-31)24(21)14-23(18)20-3-6-30(7-4-20)22-5-10-34-17-22/h13-16,20,22H,3-12,17H2,1-2H3/t22-/m0/s1. The van der Waals surface area contributed by atoms with E-state index in [1.165, 1.54) is 30.4 Å². The number of likely N-dealkylation sites (tertiary alicyclic amines) is 1. The first-order valence-corrected chi connectivity index (χ1v) is 12.6. The molecule has 5 heterocycles. The van der Waals surface area contributed by atoms with E-state index in [2.05, 4.69) is 34.9 Å². The van der Waals surface area contributed by atoms with Crippen molar-refractivity contribution in [3.8, 4) is 5.82 Å². The summed E-state index contributed by atoms with van der Waals surface area (Å²) in [4.78, 5) is 14.4. The lowest BCUT2D eigenvalue weighted by molar-refractivity contribution is 0.122. The van der Waals surface area contributed by atoms with Crippen LogP contribution in [0.2, 0.25) is 0 Å². The van der Waals surface area contributed by atoms with Gasteiger partial charge in [-0.2, -0.15) is 5.10 Å². The zero-order chi connectivity index (χ0) is 23.1. The van der Waals surface area contributed by atoms with Crippen molar-refractivity contribution in [2.24, 2.45) is 0 Å². The van der Waals surface area contributed by atoms with Gasteiger partial charge in [0.2, 0.25) is 0 Å². The number of hydrogen-bond acceptors (Lipinski definition) is 7. The lowest BCUT2D eigenvalue weighted by atomic mass is 9.86. The van der Waals surface area contributed by atoms with Gasteiger partial charge in [0.05, 0.1) is 31.5 Å². The summed E-state index contributed by atoms with van der Waals surface area (Å²) in [7, 11) is 0. The van der Waals surface area contributed by atoms with Crippen LogP contribution in [-0.2, 0) is 9.47 Å². The van der Waals surface area contributed by atoms with Gasteiger partial charge in [0.25, 0.3) is 0 Å². The number of nitrogens with zero attached hydrogens (tertiary/aromatic N) is 6. The Kier molecular flexibility index (Phi) is 5.97.